The predicted octanol–water partition coefficient (Wildman–Crippen LogP) is 2.04. The fraction of sp³-hybridized carbons (Fsp3) is 0.364. The van der Waals surface area contributed by atoms with E-state index in [1.54, 1.807) is 7.11 Å². The van der Waals surface area contributed by atoms with Gasteiger partial charge in [0, 0.05) is 6.54 Å². The molecule has 1 rings (SSSR count). The number of hydrogen-bond acceptors (Lipinski definition) is 4. The lowest BCUT2D eigenvalue weighted by Gasteiger charge is -2.12. The SMILES string of the molecule is COC(=O)C(Br)CNc1ccccc1OC. The number of halogens is 1. The highest BCUT2D eigenvalue weighted by atomic mass is 79.9. The summed E-state index contributed by atoms with van der Waals surface area (Å²) in [4.78, 5) is 10.8. The summed E-state index contributed by atoms with van der Waals surface area (Å²) in [6.07, 6.45) is 0. The van der Waals surface area contributed by atoms with Gasteiger partial charge in [-0.15, -0.1) is 0 Å². The Labute approximate surface area is 103 Å². The third kappa shape index (κ3) is 3.41. The molecule has 0 aromatic heterocycles. The number of para-hydroxylation sites is 2. The lowest BCUT2D eigenvalue weighted by molar-refractivity contribution is -0.139. The summed E-state index contributed by atoms with van der Waals surface area (Å²) in [5.74, 6) is 0.439. The standard InChI is InChI=1S/C11H14BrNO3/c1-15-10-6-4-3-5-9(10)13-7-8(12)11(14)16-2/h3-6,8,13H,7H2,1-2H3. The molecule has 0 aliphatic heterocycles. The molecule has 5 heteroatoms. The Morgan fingerprint density at radius 3 is 2.75 bits per heavy atom. The molecule has 0 fully saturated rings. The van der Waals surface area contributed by atoms with Gasteiger partial charge in [0.15, 0.2) is 0 Å². The van der Waals surface area contributed by atoms with Gasteiger partial charge in [-0.2, -0.15) is 0 Å². The van der Waals surface area contributed by atoms with E-state index in [0.717, 1.165) is 11.4 Å². The molecule has 1 N–H and O–H groups in total. The molecule has 0 amide bonds. The van der Waals surface area contributed by atoms with E-state index in [2.05, 4.69) is 26.0 Å². The first kappa shape index (κ1) is 12.8. The molecule has 0 aliphatic carbocycles. The van der Waals surface area contributed by atoms with Gasteiger partial charge in [0.1, 0.15) is 10.6 Å². The molecule has 0 bridgehead atoms. The zero-order valence-corrected chi connectivity index (χ0v) is 10.8. The van der Waals surface area contributed by atoms with E-state index in [1.807, 2.05) is 24.3 Å². The van der Waals surface area contributed by atoms with Crippen LogP contribution in [0.25, 0.3) is 0 Å². The number of nitrogens with one attached hydrogen (secondary N) is 1. The summed E-state index contributed by atoms with van der Waals surface area (Å²) in [5.41, 5.74) is 0.846. The second-order valence-electron chi connectivity index (χ2n) is 3.07. The molecule has 1 aromatic carbocycles. The van der Waals surface area contributed by atoms with Crippen molar-refractivity contribution in [3.05, 3.63) is 24.3 Å². The van der Waals surface area contributed by atoms with E-state index >= 15 is 0 Å². The van der Waals surface area contributed by atoms with Crippen LogP contribution in [-0.2, 0) is 9.53 Å². The average molecular weight is 288 g/mol. The molecule has 1 unspecified atom stereocenters. The number of alkyl halides is 1. The molecule has 0 heterocycles. The molecule has 0 radical (unpaired) electrons. The second-order valence-corrected chi connectivity index (χ2v) is 4.18. The van der Waals surface area contributed by atoms with Gasteiger partial charge < -0.3 is 14.8 Å². The van der Waals surface area contributed by atoms with Crippen molar-refractivity contribution in [3.63, 3.8) is 0 Å². The van der Waals surface area contributed by atoms with E-state index in [-0.39, 0.29) is 10.8 Å². The Kier molecular flexibility index (Phi) is 5.11. The number of hydrogen-bond donors (Lipinski definition) is 1. The Hall–Kier alpha value is -1.23. The van der Waals surface area contributed by atoms with Crippen LogP contribution in [0.1, 0.15) is 0 Å². The van der Waals surface area contributed by atoms with Gasteiger partial charge >= 0.3 is 5.97 Å². The maximum absolute atomic E-state index is 11.1. The highest BCUT2D eigenvalue weighted by molar-refractivity contribution is 9.10. The number of anilines is 1. The zero-order valence-electron chi connectivity index (χ0n) is 9.20. The fourth-order valence-corrected chi connectivity index (χ4v) is 1.55. The summed E-state index contributed by atoms with van der Waals surface area (Å²) in [6, 6.07) is 7.52. The molecule has 1 atom stereocenters. The minimum absolute atomic E-state index is 0.303. The topological polar surface area (TPSA) is 47.6 Å². The van der Waals surface area contributed by atoms with Crippen LogP contribution in [0.2, 0.25) is 0 Å². The minimum Gasteiger partial charge on any atom is -0.495 e. The number of carbonyl (C=O) groups excluding carboxylic acids is 1. The zero-order chi connectivity index (χ0) is 12.0. The van der Waals surface area contributed by atoms with Crippen LogP contribution in [0.5, 0.6) is 5.75 Å². The van der Waals surface area contributed by atoms with Gasteiger partial charge in [0.25, 0.3) is 0 Å². The number of rotatable bonds is 5. The molecular weight excluding hydrogens is 274 g/mol. The summed E-state index contributed by atoms with van der Waals surface area (Å²) >= 11 is 3.23. The van der Waals surface area contributed by atoms with Crippen LogP contribution in [0.4, 0.5) is 5.69 Å². The molecule has 4 nitrogen and oxygen atoms in total. The molecule has 1 aromatic rings. The third-order valence-corrected chi connectivity index (χ3v) is 2.73. The van der Waals surface area contributed by atoms with Crippen molar-refractivity contribution in [1.29, 1.82) is 0 Å². The first-order valence-corrected chi connectivity index (χ1v) is 5.69. The molecule has 16 heavy (non-hydrogen) atoms. The van der Waals surface area contributed by atoms with Crippen molar-refractivity contribution < 1.29 is 14.3 Å². The van der Waals surface area contributed by atoms with Crippen LogP contribution in [0.3, 0.4) is 0 Å². The fourth-order valence-electron chi connectivity index (χ4n) is 1.20. The lowest BCUT2D eigenvalue weighted by Crippen LogP contribution is -2.24. The molecule has 0 saturated heterocycles. The van der Waals surface area contributed by atoms with Gasteiger partial charge in [-0.25, -0.2) is 0 Å². The normalized spacial score (nSPS) is 11.7. The molecule has 0 spiro atoms. The number of methoxy groups -OCH3 is 2. The van der Waals surface area contributed by atoms with E-state index < -0.39 is 0 Å². The summed E-state index contributed by atoms with van der Waals surface area (Å²) in [6.45, 7) is 0.438. The molecular formula is C11H14BrNO3. The lowest BCUT2D eigenvalue weighted by atomic mass is 10.3. The number of esters is 1. The van der Waals surface area contributed by atoms with Crippen LogP contribution in [0.15, 0.2) is 24.3 Å². The van der Waals surface area contributed by atoms with Crippen LogP contribution in [0, 0.1) is 0 Å². The average Bonchev–Trinajstić information content (AvgIpc) is 2.35. The molecule has 0 aliphatic rings. The largest absolute Gasteiger partial charge is 0.495 e. The minimum atomic E-state index is -0.373. The van der Waals surface area contributed by atoms with Crippen molar-refractivity contribution in [1.82, 2.24) is 0 Å². The molecule has 88 valence electrons. The summed E-state index contributed by atoms with van der Waals surface area (Å²) in [7, 11) is 2.96. The van der Waals surface area contributed by atoms with Gasteiger partial charge in [0.05, 0.1) is 19.9 Å². The van der Waals surface area contributed by atoms with Crippen LogP contribution < -0.4 is 10.1 Å². The Bertz CT molecular complexity index is 357. The number of benzene rings is 1. The van der Waals surface area contributed by atoms with E-state index in [9.17, 15) is 4.79 Å². The molecule has 0 saturated carbocycles. The maximum Gasteiger partial charge on any atom is 0.321 e. The summed E-state index contributed by atoms with van der Waals surface area (Å²) in [5, 5.41) is 3.11. The van der Waals surface area contributed by atoms with E-state index in [1.165, 1.54) is 7.11 Å². The van der Waals surface area contributed by atoms with Crippen molar-refractivity contribution in [2.75, 3.05) is 26.1 Å². The van der Waals surface area contributed by atoms with Crippen LogP contribution >= 0.6 is 15.9 Å². The van der Waals surface area contributed by atoms with Gasteiger partial charge in [-0.3, -0.25) is 4.79 Å². The Balaban J connectivity index is 2.57. The number of ether oxygens (including phenoxy) is 2. The smallest absolute Gasteiger partial charge is 0.321 e. The van der Waals surface area contributed by atoms with Gasteiger partial charge in [0.2, 0.25) is 0 Å². The van der Waals surface area contributed by atoms with Crippen LogP contribution in [-0.4, -0.2) is 31.6 Å². The third-order valence-electron chi connectivity index (χ3n) is 2.04. The monoisotopic (exact) mass is 287 g/mol. The maximum atomic E-state index is 11.1. The van der Waals surface area contributed by atoms with Crippen molar-refractivity contribution in [2.24, 2.45) is 0 Å². The van der Waals surface area contributed by atoms with Crippen molar-refractivity contribution in [3.8, 4) is 5.75 Å². The van der Waals surface area contributed by atoms with Gasteiger partial charge in [-0.05, 0) is 12.1 Å². The first-order chi connectivity index (χ1) is 7.69. The summed E-state index contributed by atoms with van der Waals surface area (Å²) < 4.78 is 9.77. The Morgan fingerprint density at radius 2 is 2.12 bits per heavy atom. The highest BCUT2D eigenvalue weighted by Crippen LogP contribution is 2.23. The van der Waals surface area contributed by atoms with Crippen molar-refractivity contribution in [2.45, 2.75) is 4.83 Å². The van der Waals surface area contributed by atoms with E-state index in [0.29, 0.717) is 6.54 Å². The predicted molar refractivity (Wildman–Crippen MR) is 66.2 cm³/mol. The van der Waals surface area contributed by atoms with Crippen molar-refractivity contribution >= 4 is 27.6 Å². The first-order valence-electron chi connectivity index (χ1n) is 4.77. The Morgan fingerprint density at radius 1 is 1.44 bits per heavy atom. The van der Waals surface area contributed by atoms with Gasteiger partial charge in [-0.1, -0.05) is 28.1 Å². The second kappa shape index (κ2) is 6.37. The van der Waals surface area contributed by atoms with E-state index in [4.69, 9.17) is 4.74 Å². The number of carbonyl (C=O) groups is 1. The quantitative estimate of drug-likeness (QED) is 0.665. The highest BCUT2D eigenvalue weighted by Gasteiger charge is 2.15.